The lowest BCUT2D eigenvalue weighted by molar-refractivity contribution is -0.243. The molecule has 4 aromatic rings. The molecule has 0 aliphatic carbocycles. The van der Waals surface area contributed by atoms with Crippen LogP contribution in [0.2, 0.25) is 5.02 Å². The minimum absolute atomic E-state index is 0.152. The summed E-state index contributed by atoms with van der Waals surface area (Å²) in [7, 11) is 1.42. The maximum absolute atomic E-state index is 15.1. The monoisotopic (exact) mass is 661 g/mol. The molecule has 10 heteroatoms. The normalized spacial score (nSPS) is 23.6. The SMILES string of the molecule is COC(=O)C(C)(C)c1ccc2nc(CN3CCC(C4OC(C)(c5ccc(Cl)cc5F)Oc5ccccc54)CC3)n(C[C@@H]3CCO3)c2c1. The molecule has 2 unspecified atom stereocenters. The van der Waals surface area contributed by atoms with Gasteiger partial charge in [0, 0.05) is 24.1 Å². The fourth-order valence-electron chi connectivity index (χ4n) is 7.18. The van der Waals surface area contributed by atoms with Gasteiger partial charge in [-0.3, -0.25) is 9.69 Å². The van der Waals surface area contributed by atoms with Crippen molar-refractivity contribution in [1.82, 2.24) is 14.5 Å². The van der Waals surface area contributed by atoms with Gasteiger partial charge in [-0.25, -0.2) is 9.37 Å². The lowest BCUT2D eigenvalue weighted by Gasteiger charge is -2.44. The molecule has 7 rings (SSSR count). The molecule has 47 heavy (non-hydrogen) atoms. The highest BCUT2D eigenvalue weighted by atomic mass is 35.5. The van der Waals surface area contributed by atoms with Crippen LogP contribution in [-0.4, -0.2) is 53.3 Å². The summed E-state index contributed by atoms with van der Waals surface area (Å²) in [6.07, 6.45) is 2.73. The number of likely N-dealkylation sites (tertiary alicyclic amines) is 1. The van der Waals surface area contributed by atoms with E-state index in [-0.39, 0.29) is 24.1 Å². The Balaban J connectivity index is 1.11. The van der Waals surface area contributed by atoms with Crippen molar-refractivity contribution in [2.75, 3.05) is 26.8 Å². The number of para-hydroxylation sites is 1. The molecule has 8 nitrogen and oxygen atoms in total. The number of hydrogen-bond donors (Lipinski definition) is 0. The number of halogens is 2. The summed E-state index contributed by atoms with van der Waals surface area (Å²) >= 11 is 6.06. The fraction of sp³-hybridized carbons (Fsp3) is 0.459. The van der Waals surface area contributed by atoms with Crippen LogP contribution in [0.4, 0.5) is 4.39 Å². The van der Waals surface area contributed by atoms with Crippen molar-refractivity contribution in [2.45, 2.75) is 76.5 Å². The molecule has 0 saturated carbocycles. The van der Waals surface area contributed by atoms with E-state index in [1.54, 1.807) is 19.1 Å². The Bertz CT molecular complexity index is 1800. The van der Waals surface area contributed by atoms with E-state index in [1.807, 2.05) is 50.2 Å². The van der Waals surface area contributed by atoms with E-state index in [0.29, 0.717) is 22.9 Å². The van der Waals surface area contributed by atoms with E-state index in [0.717, 1.165) is 73.5 Å². The number of hydrogen-bond acceptors (Lipinski definition) is 7. The highest BCUT2D eigenvalue weighted by Gasteiger charge is 2.44. The first-order valence-corrected chi connectivity index (χ1v) is 16.8. The van der Waals surface area contributed by atoms with Crippen LogP contribution in [0.1, 0.15) is 68.7 Å². The molecule has 3 aliphatic rings. The Hall–Kier alpha value is -3.50. The van der Waals surface area contributed by atoms with Crippen molar-refractivity contribution < 1.29 is 28.1 Å². The van der Waals surface area contributed by atoms with Gasteiger partial charge in [-0.1, -0.05) is 35.9 Å². The predicted molar refractivity (Wildman–Crippen MR) is 177 cm³/mol. The van der Waals surface area contributed by atoms with Crippen LogP contribution in [0.5, 0.6) is 5.75 Å². The zero-order valence-electron chi connectivity index (χ0n) is 27.3. The highest BCUT2D eigenvalue weighted by Crippen LogP contribution is 2.49. The lowest BCUT2D eigenvalue weighted by Crippen LogP contribution is -2.43. The number of methoxy groups -OCH3 is 1. The number of esters is 1. The number of nitrogens with zero attached hydrogens (tertiary/aromatic N) is 3. The molecule has 0 amide bonds. The Morgan fingerprint density at radius 3 is 2.57 bits per heavy atom. The van der Waals surface area contributed by atoms with Gasteiger partial charge in [0.25, 0.3) is 0 Å². The average molecular weight is 662 g/mol. The van der Waals surface area contributed by atoms with Crippen LogP contribution in [0, 0.1) is 11.7 Å². The van der Waals surface area contributed by atoms with Gasteiger partial charge in [0.15, 0.2) is 0 Å². The van der Waals surface area contributed by atoms with E-state index in [9.17, 15) is 4.79 Å². The summed E-state index contributed by atoms with van der Waals surface area (Å²) in [5, 5.41) is 0.328. The highest BCUT2D eigenvalue weighted by molar-refractivity contribution is 6.30. The Morgan fingerprint density at radius 2 is 1.87 bits per heavy atom. The third-order valence-electron chi connectivity index (χ3n) is 10.2. The molecule has 248 valence electrons. The number of piperidine rings is 1. The van der Waals surface area contributed by atoms with Crippen LogP contribution in [0.25, 0.3) is 11.0 Å². The third-order valence-corrected chi connectivity index (χ3v) is 10.4. The number of carbonyl (C=O) groups is 1. The Morgan fingerprint density at radius 1 is 1.11 bits per heavy atom. The predicted octanol–water partition coefficient (Wildman–Crippen LogP) is 7.30. The van der Waals surface area contributed by atoms with Gasteiger partial charge in [0.2, 0.25) is 5.79 Å². The second kappa shape index (κ2) is 12.5. The van der Waals surface area contributed by atoms with E-state index in [1.165, 1.54) is 13.2 Å². The van der Waals surface area contributed by atoms with Gasteiger partial charge in [-0.2, -0.15) is 0 Å². The van der Waals surface area contributed by atoms with Gasteiger partial charge in [-0.05, 0) is 94.1 Å². The molecule has 0 N–H and O–H groups in total. The topological polar surface area (TPSA) is 75.0 Å². The van der Waals surface area contributed by atoms with E-state index < -0.39 is 17.0 Å². The minimum atomic E-state index is -1.29. The molecule has 0 spiro atoms. The van der Waals surface area contributed by atoms with Gasteiger partial charge in [-0.15, -0.1) is 0 Å². The smallest absolute Gasteiger partial charge is 0.315 e. The summed E-state index contributed by atoms with van der Waals surface area (Å²) in [5.74, 6) is -0.103. The van der Waals surface area contributed by atoms with Crippen molar-refractivity contribution in [2.24, 2.45) is 5.92 Å². The maximum atomic E-state index is 15.1. The first-order chi connectivity index (χ1) is 22.6. The van der Waals surface area contributed by atoms with E-state index in [2.05, 4.69) is 15.5 Å². The molecule has 2 fully saturated rings. The molecule has 3 atom stereocenters. The summed E-state index contributed by atoms with van der Waals surface area (Å²) in [6.45, 7) is 9.48. The first-order valence-electron chi connectivity index (χ1n) is 16.4. The molecule has 2 saturated heterocycles. The number of benzene rings is 3. The quantitative estimate of drug-likeness (QED) is 0.183. The summed E-state index contributed by atoms with van der Waals surface area (Å²) in [5.41, 5.74) is 3.33. The number of imidazole rings is 1. The second-order valence-corrected chi connectivity index (χ2v) is 14.0. The minimum Gasteiger partial charge on any atom is -0.468 e. The van der Waals surface area contributed by atoms with Crippen molar-refractivity contribution in [3.8, 4) is 5.75 Å². The number of rotatable bonds is 8. The average Bonchev–Trinajstić information content (AvgIpc) is 3.37. The van der Waals surface area contributed by atoms with E-state index >= 15 is 4.39 Å². The van der Waals surface area contributed by atoms with Gasteiger partial charge in [0.05, 0.1) is 54.4 Å². The first kappa shape index (κ1) is 32.1. The van der Waals surface area contributed by atoms with Crippen LogP contribution in [0.15, 0.2) is 60.7 Å². The third kappa shape index (κ3) is 6.03. The Labute approximate surface area is 279 Å². The maximum Gasteiger partial charge on any atom is 0.315 e. The molecule has 3 aliphatic heterocycles. The van der Waals surface area contributed by atoms with Crippen molar-refractivity contribution in [3.05, 3.63) is 94.0 Å². The number of ether oxygens (including phenoxy) is 4. The number of carbonyl (C=O) groups excluding carboxylic acids is 1. The number of aromatic nitrogens is 2. The van der Waals surface area contributed by atoms with Crippen molar-refractivity contribution in [1.29, 1.82) is 0 Å². The Kier molecular flexibility index (Phi) is 8.53. The van der Waals surface area contributed by atoms with Gasteiger partial charge < -0.3 is 23.5 Å². The van der Waals surface area contributed by atoms with Crippen LogP contribution < -0.4 is 4.74 Å². The van der Waals surface area contributed by atoms with Crippen molar-refractivity contribution in [3.63, 3.8) is 0 Å². The molecule has 0 radical (unpaired) electrons. The zero-order chi connectivity index (χ0) is 32.9. The second-order valence-electron chi connectivity index (χ2n) is 13.6. The summed E-state index contributed by atoms with van der Waals surface area (Å²) in [4.78, 5) is 20.1. The largest absolute Gasteiger partial charge is 0.468 e. The van der Waals surface area contributed by atoms with Crippen molar-refractivity contribution >= 4 is 28.6 Å². The number of fused-ring (bicyclic) bond motifs is 2. The summed E-state index contributed by atoms with van der Waals surface area (Å²) < 4.78 is 41.4. The zero-order valence-corrected chi connectivity index (χ0v) is 28.1. The molecule has 4 heterocycles. The fourth-order valence-corrected chi connectivity index (χ4v) is 7.34. The summed E-state index contributed by atoms with van der Waals surface area (Å²) in [6, 6.07) is 18.6. The lowest BCUT2D eigenvalue weighted by atomic mass is 9.84. The van der Waals surface area contributed by atoms with Gasteiger partial charge in [0.1, 0.15) is 17.4 Å². The molecular formula is C37H41ClFN3O5. The van der Waals surface area contributed by atoms with Crippen LogP contribution >= 0.6 is 11.6 Å². The molecular weight excluding hydrogens is 621 g/mol. The van der Waals surface area contributed by atoms with E-state index in [4.69, 9.17) is 35.5 Å². The molecule has 3 aromatic carbocycles. The van der Waals surface area contributed by atoms with Gasteiger partial charge >= 0.3 is 5.97 Å². The standard InChI is InChI=1S/C37H41ClFN3O5/c1-36(2,35(43)44-4)24-9-12-30-31(19-24)42(21-26-15-18-45-26)33(40-30)22-41-16-13-23(14-17-41)34-27-7-5-6-8-32(27)46-37(3,47-34)28-11-10-25(38)20-29(28)39/h5-12,19-20,23,26,34H,13-18,21-22H2,1-4H3/t26-,34?,37?/m0/s1. The molecule has 1 aromatic heterocycles. The molecule has 0 bridgehead atoms. The van der Waals surface area contributed by atoms with Crippen LogP contribution in [-0.2, 0) is 43.3 Å². The van der Waals surface area contributed by atoms with Crippen LogP contribution in [0.3, 0.4) is 0 Å².